The van der Waals surface area contributed by atoms with Crippen LogP contribution in [0.2, 0.25) is 10.0 Å². The second-order valence-electron chi connectivity index (χ2n) is 6.08. The van der Waals surface area contributed by atoms with Crippen LogP contribution < -0.4 is 10.1 Å². The van der Waals surface area contributed by atoms with Gasteiger partial charge in [0, 0.05) is 22.6 Å². The van der Waals surface area contributed by atoms with Gasteiger partial charge in [0.2, 0.25) is 5.91 Å². The molecule has 0 heterocycles. The van der Waals surface area contributed by atoms with Crippen molar-refractivity contribution < 1.29 is 14.3 Å². The molecule has 0 bridgehead atoms. The summed E-state index contributed by atoms with van der Waals surface area (Å²) >= 11 is 15.4. The minimum Gasteiger partial charge on any atom is -0.482 e. The second-order valence-corrected chi connectivity index (χ2v) is 7.84. The van der Waals surface area contributed by atoms with Crippen molar-refractivity contribution in [1.29, 1.82) is 0 Å². The normalized spacial score (nSPS) is 11.6. The molecule has 0 spiro atoms. The SMILES string of the molecule is CCNC(=O)C(C)N(Cc1ccc(Br)cc1)C(=O)COc1ccc(Cl)cc1Cl. The first-order valence-electron chi connectivity index (χ1n) is 8.71. The Balaban J connectivity index is 2.15. The van der Waals surface area contributed by atoms with E-state index in [-0.39, 0.29) is 25.0 Å². The van der Waals surface area contributed by atoms with Crippen LogP contribution >= 0.6 is 39.1 Å². The van der Waals surface area contributed by atoms with Crippen LogP contribution in [0, 0.1) is 0 Å². The van der Waals surface area contributed by atoms with Gasteiger partial charge >= 0.3 is 0 Å². The molecular weight excluding hydrogens is 467 g/mol. The zero-order chi connectivity index (χ0) is 20.7. The highest BCUT2D eigenvalue weighted by atomic mass is 79.9. The summed E-state index contributed by atoms with van der Waals surface area (Å²) in [6, 6.07) is 11.7. The molecule has 2 aromatic carbocycles. The maximum Gasteiger partial charge on any atom is 0.261 e. The van der Waals surface area contributed by atoms with Gasteiger partial charge in [-0.1, -0.05) is 51.3 Å². The van der Waals surface area contributed by atoms with Crippen LogP contribution in [0.5, 0.6) is 5.75 Å². The number of halogens is 3. The van der Waals surface area contributed by atoms with Crippen molar-refractivity contribution >= 4 is 50.9 Å². The minimum atomic E-state index is -0.652. The first kappa shape index (κ1) is 22.5. The molecule has 0 saturated carbocycles. The maximum atomic E-state index is 12.9. The van der Waals surface area contributed by atoms with E-state index in [1.54, 1.807) is 25.1 Å². The Labute approximate surface area is 183 Å². The average molecular weight is 488 g/mol. The lowest BCUT2D eigenvalue weighted by atomic mass is 10.1. The van der Waals surface area contributed by atoms with Crippen molar-refractivity contribution in [2.75, 3.05) is 13.2 Å². The summed E-state index contributed by atoms with van der Waals surface area (Å²) < 4.78 is 6.50. The van der Waals surface area contributed by atoms with E-state index in [9.17, 15) is 9.59 Å². The third-order valence-electron chi connectivity index (χ3n) is 4.03. The Kier molecular flexibility index (Phi) is 8.60. The zero-order valence-corrected chi connectivity index (χ0v) is 18.6. The van der Waals surface area contributed by atoms with E-state index in [4.69, 9.17) is 27.9 Å². The summed E-state index contributed by atoms with van der Waals surface area (Å²) in [6.45, 7) is 4.04. The van der Waals surface area contributed by atoms with Crippen LogP contribution in [-0.2, 0) is 16.1 Å². The Morgan fingerprint density at radius 2 is 1.86 bits per heavy atom. The minimum absolute atomic E-state index is 0.225. The second kappa shape index (κ2) is 10.7. The van der Waals surface area contributed by atoms with E-state index in [0.29, 0.717) is 22.3 Å². The van der Waals surface area contributed by atoms with Gasteiger partial charge in [-0.2, -0.15) is 0 Å². The highest BCUT2D eigenvalue weighted by Crippen LogP contribution is 2.27. The average Bonchev–Trinajstić information content (AvgIpc) is 2.66. The Bertz CT molecular complexity index is 831. The predicted molar refractivity (Wildman–Crippen MR) is 115 cm³/mol. The van der Waals surface area contributed by atoms with Gasteiger partial charge < -0.3 is 15.0 Å². The van der Waals surface area contributed by atoms with Crippen LogP contribution in [0.3, 0.4) is 0 Å². The number of benzene rings is 2. The predicted octanol–water partition coefficient (Wildman–Crippen LogP) is 4.69. The Morgan fingerprint density at radius 1 is 1.18 bits per heavy atom. The highest BCUT2D eigenvalue weighted by molar-refractivity contribution is 9.10. The third-order valence-corrected chi connectivity index (χ3v) is 5.09. The van der Waals surface area contributed by atoms with Crippen molar-refractivity contribution in [3.05, 3.63) is 62.5 Å². The number of amides is 2. The van der Waals surface area contributed by atoms with Gasteiger partial charge in [0.15, 0.2) is 6.61 Å². The standard InChI is InChI=1S/C20H21BrCl2N2O3/c1-3-24-20(27)13(2)25(11-14-4-6-15(21)7-5-14)19(26)12-28-18-9-8-16(22)10-17(18)23/h4-10,13H,3,11-12H2,1-2H3,(H,24,27). The van der Waals surface area contributed by atoms with E-state index in [2.05, 4.69) is 21.2 Å². The highest BCUT2D eigenvalue weighted by Gasteiger charge is 2.26. The molecule has 28 heavy (non-hydrogen) atoms. The molecule has 0 aliphatic carbocycles. The summed E-state index contributed by atoms with van der Waals surface area (Å²) in [5.74, 6) is -0.196. The molecule has 1 unspecified atom stereocenters. The molecule has 2 rings (SSSR count). The number of nitrogens with zero attached hydrogens (tertiary/aromatic N) is 1. The molecule has 150 valence electrons. The number of ether oxygens (including phenoxy) is 1. The van der Waals surface area contributed by atoms with E-state index < -0.39 is 6.04 Å². The lowest BCUT2D eigenvalue weighted by Crippen LogP contribution is -2.49. The van der Waals surface area contributed by atoms with Crippen LogP contribution in [0.25, 0.3) is 0 Å². The summed E-state index contributed by atoms with van der Waals surface area (Å²) in [5, 5.41) is 3.54. The number of hydrogen-bond acceptors (Lipinski definition) is 3. The van der Waals surface area contributed by atoms with Crippen LogP contribution in [0.15, 0.2) is 46.9 Å². The fourth-order valence-corrected chi connectivity index (χ4v) is 3.23. The molecule has 8 heteroatoms. The van der Waals surface area contributed by atoms with Crippen LogP contribution in [0.4, 0.5) is 0 Å². The van der Waals surface area contributed by atoms with E-state index in [1.807, 2.05) is 31.2 Å². The van der Waals surface area contributed by atoms with Crippen molar-refractivity contribution in [3.63, 3.8) is 0 Å². The molecule has 1 N–H and O–H groups in total. The Morgan fingerprint density at radius 3 is 2.46 bits per heavy atom. The Hall–Kier alpha value is -1.76. The molecule has 1 atom stereocenters. The van der Waals surface area contributed by atoms with Gasteiger partial charge in [0.1, 0.15) is 11.8 Å². The molecule has 0 fully saturated rings. The molecule has 0 radical (unpaired) electrons. The van der Waals surface area contributed by atoms with Crippen molar-refractivity contribution in [3.8, 4) is 5.75 Å². The number of likely N-dealkylation sites (N-methyl/N-ethyl adjacent to an activating group) is 1. The van der Waals surface area contributed by atoms with Crippen molar-refractivity contribution in [1.82, 2.24) is 10.2 Å². The van der Waals surface area contributed by atoms with E-state index in [0.717, 1.165) is 10.0 Å². The van der Waals surface area contributed by atoms with Gasteiger partial charge in [-0.05, 0) is 49.7 Å². The van der Waals surface area contributed by atoms with Crippen LogP contribution in [-0.4, -0.2) is 35.9 Å². The largest absolute Gasteiger partial charge is 0.482 e. The van der Waals surface area contributed by atoms with E-state index >= 15 is 0 Å². The summed E-state index contributed by atoms with van der Waals surface area (Å²) in [6.07, 6.45) is 0. The number of carbonyl (C=O) groups excluding carboxylic acids is 2. The summed E-state index contributed by atoms with van der Waals surface area (Å²) in [5.41, 5.74) is 0.900. The number of nitrogens with one attached hydrogen (secondary N) is 1. The van der Waals surface area contributed by atoms with Crippen LogP contribution in [0.1, 0.15) is 19.4 Å². The monoisotopic (exact) mass is 486 g/mol. The van der Waals surface area contributed by atoms with Gasteiger partial charge in [-0.25, -0.2) is 0 Å². The number of carbonyl (C=O) groups is 2. The van der Waals surface area contributed by atoms with Crippen molar-refractivity contribution in [2.45, 2.75) is 26.4 Å². The molecule has 5 nitrogen and oxygen atoms in total. The first-order chi connectivity index (χ1) is 13.3. The quantitative estimate of drug-likeness (QED) is 0.587. The molecule has 2 aromatic rings. The molecular formula is C20H21BrCl2N2O3. The smallest absolute Gasteiger partial charge is 0.261 e. The van der Waals surface area contributed by atoms with Gasteiger partial charge in [-0.15, -0.1) is 0 Å². The fraction of sp³-hybridized carbons (Fsp3) is 0.300. The first-order valence-corrected chi connectivity index (χ1v) is 10.3. The number of rotatable bonds is 8. The third kappa shape index (κ3) is 6.40. The van der Waals surface area contributed by atoms with Gasteiger partial charge in [0.25, 0.3) is 5.91 Å². The molecule has 0 saturated heterocycles. The van der Waals surface area contributed by atoms with Gasteiger partial charge in [-0.3, -0.25) is 9.59 Å². The van der Waals surface area contributed by atoms with E-state index in [1.165, 1.54) is 4.90 Å². The zero-order valence-electron chi connectivity index (χ0n) is 15.5. The molecule has 2 amide bonds. The molecule has 0 aliphatic heterocycles. The summed E-state index contributed by atoms with van der Waals surface area (Å²) in [7, 11) is 0. The molecule has 0 aromatic heterocycles. The number of hydrogen-bond donors (Lipinski definition) is 1. The topological polar surface area (TPSA) is 58.6 Å². The van der Waals surface area contributed by atoms with Gasteiger partial charge in [0.05, 0.1) is 5.02 Å². The maximum absolute atomic E-state index is 12.9. The lowest BCUT2D eigenvalue weighted by Gasteiger charge is -2.28. The lowest BCUT2D eigenvalue weighted by molar-refractivity contribution is -0.142. The summed E-state index contributed by atoms with van der Waals surface area (Å²) in [4.78, 5) is 26.7. The van der Waals surface area contributed by atoms with Crippen molar-refractivity contribution in [2.24, 2.45) is 0 Å². The fourth-order valence-electron chi connectivity index (χ4n) is 2.51. The molecule has 0 aliphatic rings.